The molecule has 2 aromatic carbocycles. The van der Waals surface area contributed by atoms with Gasteiger partial charge < -0.3 is 9.47 Å². The van der Waals surface area contributed by atoms with Crippen molar-refractivity contribution in [2.75, 3.05) is 14.2 Å². The lowest BCUT2D eigenvalue weighted by atomic mass is 9.97. The minimum atomic E-state index is -0.182. The van der Waals surface area contributed by atoms with Gasteiger partial charge in [0.2, 0.25) is 5.91 Å². The van der Waals surface area contributed by atoms with E-state index in [1.54, 1.807) is 14.2 Å². The van der Waals surface area contributed by atoms with E-state index in [4.69, 9.17) is 9.47 Å². The molecule has 1 atom stereocenters. The number of nitrogens with zero attached hydrogens (tertiary/aromatic N) is 2. The molecule has 1 aliphatic heterocycles. The topological polar surface area (TPSA) is 51.1 Å². The number of carbonyl (C=O) groups is 1. The second-order valence-corrected chi connectivity index (χ2v) is 5.60. The fraction of sp³-hybridized carbons (Fsp3) is 0.263. The summed E-state index contributed by atoms with van der Waals surface area (Å²) >= 11 is 0. The van der Waals surface area contributed by atoms with Gasteiger partial charge in [0, 0.05) is 25.0 Å². The van der Waals surface area contributed by atoms with Gasteiger partial charge in [0.15, 0.2) is 0 Å². The SMILES string of the molecule is COc1ccc([C@@H]2CC(c3ccccc3)=NN2C(C)=O)c(OC)c1. The first kappa shape index (κ1) is 16.1. The summed E-state index contributed by atoms with van der Waals surface area (Å²) in [5.41, 5.74) is 2.84. The normalized spacial score (nSPS) is 16.7. The second-order valence-electron chi connectivity index (χ2n) is 5.60. The zero-order valence-electron chi connectivity index (χ0n) is 14.0. The van der Waals surface area contributed by atoms with Crippen LogP contribution in [-0.2, 0) is 4.79 Å². The number of carbonyl (C=O) groups excluding carboxylic acids is 1. The van der Waals surface area contributed by atoms with E-state index in [9.17, 15) is 4.79 Å². The highest BCUT2D eigenvalue weighted by Gasteiger charge is 2.33. The van der Waals surface area contributed by atoms with Crippen LogP contribution in [0.2, 0.25) is 0 Å². The first-order valence-corrected chi connectivity index (χ1v) is 7.78. The molecule has 0 radical (unpaired) electrons. The fourth-order valence-corrected chi connectivity index (χ4v) is 2.94. The van der Waals surface area contributed by atoms with E-state index in [-0.39, 0.29) is 11.9 Å². The van der Waals surface area contributed by atoms with Crippen molar-refractivity contribution in [3.63, 3.8) is 0 Å². The summed E-state index contributed by atoms with van der Waals surface area (Å²) in [4.78, 5) is 12.1. The maximum Gasteiger partial charge on any atom is 0.240 e. The Balaban J connectivity index is 1.98. The minimum absolute atomic E-state index is 0.0937. The van der Waals surface area contributed by atoms with Gasteiger partial charge in [-0.25, -0.2) is 5.01 Å². The van der Waals surface area contributed by atoms with Crippen molar-refractivity contribution in [3.05, 3.63) is 59.7 Å². The number of hydrogen-bond acceptors (Lipinski definition) is 4. The molecule has 0 spiro atoms. The fourth-order valence-electron chi connectivity index (χ4n) is 2.94. The number of hydrazone groups is 1. The highest BCUT2D eigenvalue weighted by Crippen LogP contribution is 2.38. The highest BCUT2D eigenvalue weighted by molar-refractivity contribution is 6.03. The molecule has 0 fully saturated rings. The molecule has 0 saturated heterocycles. The first-order chi connectivity index (χ1) is 11.6. The van der Waals surface area contributed by atoms with Crippen molar-refractivity contribution >= 4 is 11.6 Å². The molecular formula is C19H20N2O3. The van der Waals surface area contributed by atoms with Gasteiger partial charge in [0.25, 0.3) is 0 Å². The number of ether oxygens (including phenoxy) is 2. The summed E-state index contributed by atoms with van der Waals surface area (Å²) in [6.07, 6.45) is 0.645. The van der Waals surface area contributed by atoms with Crippen molar-refractivity contribution < 1.29 is 14.3 Å². The molecule has 1 amide bonds. The van der Waals surface area contributed by atoms with Crippen molar-refractivity contribution in [3.8, 4) is 11.5 Å². The molecule has 5 heteroatoms. The van der Waals surface area contributed by atoms with Gasteiger partial charge in [-0.05, 0) is 17.7 Å². The van der Waals surface area contributed by atoms with Crippen LogP contribution in [0.15, 0.2) is 53.6 Å². The third-order valence-electron chi connectivity index (χ3n) is 4.14. The third-order valence-corrected chi connectivity index (χ3v) is 4.14. The Morgan fingerprint density at radius 2 is 1.88 bits per heavy atom. The predicted molar refractivity (Wildman–Crippen MR) is 92.4 cm³/mol. The van der Waals surface area contributed by atoms with Crippen LogP contribution in [-0.4, -0.2) is 30.8 Å². The van der Waals surface area contributed by atoms with Crippen LogP contribution in [0.25, 0.3) is 0 Å². The first-order valence-electron chi connectivity index (χ1n) is 7.78. The summed E-state index contributed by atoms with van der Waals surface area (Å²) < 4.78 is 10.8. The minimum Gasteiger partial charge on any atom is -0.497 e. The lowest BCUT2D eigenvalue weighted by Crippen LogP contribution is -2.24. The summed E-state index contributed by atoms with van der Waals surface area (Å²) in [7, 11) is 3.23. The van der Waals surface area contributed by atoms with E-state index in [1.807, 2.05) is 48.5 Å². The summed E-state index contributed by atoms with van der Waals surface area (Å²) in [6.45, 7) is 1.53. The predicted octanol–water partition coefficient (Wildman–Crippen LogP) is 3.40. The standard InChI is InChI=1S/C19H20N2O3/c1-13(22)21-18(12-17(20-21)14-7-5-4-6-8-14)16-10-9-15(23-2)11-19(16)24-3/h4-11,18H,12H2,1-3H3/t18-/m0/s1. The van der Waals surface area contributed by atoms with Gasteiger partial charge in [0.1, 0.15) is 11.5 Å². The van der Waals surface area contributed by atoms with Crippen LogP contribution in [0, 0.1) is 0 Å². The summed E-state index contributed by atoms with van der Waals surface area (Å²) in [5.74, 6) is 1.31. The van der Waals surface area contributed by atoms with Gasteiger partial charge in [0.05, 0.1) is 26.0 Å². The van der Waals surface area contributed by atoms with Gasteiger partial charge in [-0.15, -0.1) is 0 Å². The zero-order chi connectivity index (χ0) is 17.1. The molecule has 0 bridgehead atoms. The summed E-state index contributed by atoms with van der Waals surface area (Å²) in [6, 6.07) is 15.4. The molecular weight excluding hydrogens is 304 g/mol. The lowest BCUT2D eigenvalue weighted by molar-refractivity contribution is -0.130. The molecule has 1 aliphatic rings. The van der Waals surface area contributed by atoms with E-state index >= 15 is 0 Å². The maximum atomic E-state index is 12.1. The van der Waals surface area contributed by atoms with Crippen molar-refractivity contribution in [2.24, 2.45) is 5.10 Å². The molecule has 0 unspecified atom stereocenters. The number of rotatable bonds is 4. The third kappa shape index (κ3) is 2.97. The average molecular weight is 324 g/mol. The molecule has 0 aromatic heterocycles. The Morgan fingerprint density at radius 1 is 1.12 bits per heavy atom. The molecule has 1 heterocycles. The smallest absolute Gasteiger partial charge is 0.240 e. The number of amides is 1. The molecule has 0 saturated carbocycles. The van der Waals surface area contributed by atoms with Crippen LogP contribution >= 0.6 is 0 Å². The quantitative estimate of drug-likeness (QED) is 0.866. The Morgan fingerprint density at radius 3 is 2.50 bits per heavy atom. The Labute approximate surface area is 141 Å². The molecule has 2 aromatic rings. The Hall–Kier alpha value is -2.82. The number of benzene rings is 2. The van der Waals surface area contributed by atoms with Gasteiger partial charge in [-0.1, -0.05) is 30.3 Å². The lowest BCUT2D eigenvalue weighted by Gasteiger charge is -2.22. The Bertz CT molecular complexity index is 771. The van der Waals surface area contributed by atoms with E-state index < -0.39 is 0 Å². The van der Waals surface area contributed by atoms with Crippen LogP contribution < -0.4 is 9.47 Å². The summed E-state index contributed by atoms with van der Waals surface area (Å²) in [5, 5.41) is 6.08. The van der Waals surface area contributed by atoms with Gasteiger partial charge >= 0.3 is 0 Å². The maximum absolute atomic E-state index is 12.1. The van der Waals surface area contributed by atoms with Crippen LogP contribution in [0.3, 0.4) is 0 Å². The van der Waals surface area contributed by atoms with Crippen molar-refractivity contribution in [2.45, 2.75) is 19.4 Å². The molecule has 124 valence electrons. The number of methoxy groups -OCH3 is 2. The van der Waals surface area contributed by atoms with Crippen molar-refractivity contribution in [1.29, 1.82) is 0 Å². The molecule has 5 nitrogen and oxygen atoms in total. The van der Waals surface area contributed by atoms with E-state index in [0.29, 0.717) is 17.9 Å². The van der Waals surface area contributed by atoms with E-state index in [1.165, 1.54) is 11.9 Å². The largest absolute Gasteiger partial charge is 0.497 e. The average Bonchev–Trinajstić information content (AvgIpc) is 3.07. The molecule has 0 aliphatic carbocycles. The van der Waals surface area contributed by atoms with Gasteiger partial charge in [-0.3, -0.25) is 4.79 Å². The van der Waals surface area contributed by atoms with Crippen LogP contribution in [0.4, 0.5) is 0 Å². The Kier molecular flexibility index (Phi) is 4.51. The highest BCUT2D eigenvalue weighted by atomic mass is 16.5. The van der Waals surface area contributed by atoms with Gasteiger partial charge in [-0.2, -0.15) is 5.10 Å². The number of hydrogen-bond donors (Lipinski definition) is 0. The molecule has 3 rings (SSSR count). The second kappa shape index (κ2) is 6.74. The van der Waals surface area contributed by atoms with Crippen molar-refractivity contribution in [1.82, 2.24) is 5.01 Å². The molecule has 24 heavy (non-hydrogen) atoms. The van der Waals surface area contributed by atoms with E-state index in [2.05, 4.69) is 5.10 Å². The monoisotopic (exact) mass is 324 g/mol. The van der Waals surface area contributed by atoms with Crippen LogP contribution in [0.1, 0.15) is 30.5 Å². The molecule has 0 N–H and O–H groups in total. The zero-order valence-corrected chi connectivity index (χ0v) is 14.0. The van der Waals surface area contributed by atoms with E-state index in [0.717, 1.165) is 16.8 Å². The van der Waals surface area contributed by atoms with Crippen LogP contribution in [0.5, 0.6) is 11.5 Å².